The van der Waals surface area contributed by atoms with E-state index >= 15 is 0 Å². The summed E-state index contributed by atoms with van der Waals surface area (Å²) in [6.07, 6.45) is 4.30. The van der Waals surface area contributed by atoms with Crippen molar-refractivity contribution < 1.29 is 9.53 Å². The smallest absolute Gasteiger partial charge is 0.410 e. The first-order valence-corrected chi connectivity index (χ1v) is 12.4. The van der Waals surface area contributed by atoms with Crippen LogP contribution in [-0.2, 0) is 17.7 Å². The van der Waals surface area contributed by atoms with Gasteiger partial charge in [0.15, 0.2) is 5.82 Å². The highest BCUT2D eigenvalue weighted by atomic mass is 16.6. The number of anilines is 5. The van der Waals surface area contributed by atoms with E-state index in [1.54, 1.807) is 23.1 Å². The van der Waals surface area contributed by atoms with Crippen LogP contribution < -0.4 is 16.4 Å². The molecule has 0 saturated heterocycles. The average molecular weight is 499 g/mol. The van der Waals surface area contributed by atoms with E-state index in [4.69, 9.17) is 10.5 Å². The highest BCUT2D eigenvalue weighted by Crippen LogP contribution is 2.45. The van der Waals surface area contributed by atoms with E-state index in [9.17, 15) is 10.1 Å². The standard InChI is InChI=1S/C27H30N8O2/c1-27(2,3)37-26(36)35-10-9-20-17(15-35)11-19(12-21(20)16-7-8-16)31-25-30-14-18(13-28)24(34-25)33-23-6-4-5-22(29)32-23/h4-6,11-12,14,16H,7-10,15H2,1-3H3,(H4,29,30,31,32,33,34). The van der Waals surface area contributed by atoms with Crippen LogP contribution in [0.3, 0.4) is 0 Å². The Balaban J connectivity index is 1.41. The third-order valence-electron chi connectivity index (χ3n) is 6.22. The van der Waals surface area contributed by atoms with E-state index < -0.39 is 5.60 Å². The number of nitrogens with two attached hydrogens (primary N) is 1. The molecule has 1 aliphatic carbocycles. The number of fused-ring (bicyclic) bond motifs is 1. The molecule has 0 atom stereocenters. The van der Waals surface area contributed by atoms with Crippen LogP contribution in [0.5, 0.6) is 0 Å². The SMILES string of the molecule is CC(C)(C)OC(=O)N1CCc2c(cc(Nc3ncc(C#N)c(Nc4cccc(N)n4)n3)cc2C2CC2)C1. The van der Waals surface area contributed by atoms with Gasteiger partial charge in [0, 0.05) is 18.8 Å². The van der Waals surface area contributed by atoms with Gasteiger partial charge in [-0.2, -0.15) is 10.2 Å². The molecule has 1 amide bonds. The molecule has 37 heavy (non-hydrogen) atoms. The van der Waals surface area contributed by atoms with Gasteiger partial charge in [0.05, 0.1) is 6.20 Å². The summed E-state index contributed by atoms with van der Waals surface area (Å²) in [5.74, 6) is 2.05. The summed E-state index contributed by atoms with van der Waals surface area (Å²) in [6, 6.07) is 11.5. The summed E-state index contributed by atoms with van der Waals surface area (Å²) in [4.78, 5) is 27.6. The lowest BCUT2D eigenvalue weighted by Gasteiger charge is -2.32. The molecule has 0 bridgehead atoms. The molecule has 1 aliphatic heterocycles. The van der Waals surface area contributed by atoms with Gasteiger partial charge in [0.1, 0.15) is 28.9 Å². The Bertz CT molecular complexity index is 1390. The lowest BCUT2D eigenvalue weighted by atomic mass is 9.91. The fourth-order valence-electron chi connectivity index (χ4n) is 4.44. The molecular formula is C27H30N8O2. The number of hydrogen-bond acceptors (Lipinski definition) is 9. The van der Waals surface area contributed by atoms with Crippen LogP contribution in [0, 0.1) is 11.3 Å². The van der Waals surface area contributed by atoms with Crippen molar-refractivity contribution in [1.29, 1.82) is 5.26 Å². The minimum absolute atomic E-state index is 0.284. The van der Waals surface area contributed by atoms with Crippen molar-refractivity contribution in [2.24, 2.45) is 0 Å². The van der Waals surface area contributed by atoms with Crippen molar-refractivity contribution in [2.45, 2.75) is 58.1 Å². The van der Waals surface area contributed by atoms with Crippen molar-refractivity contribution >= 4 is 35.2 Å². The topological polar surface area (TPSA) is 142 Å². The second-order valence-corrected chi connectivity index (χ2v) is 10.4. The second-order valence-electron chi connectivity index (χ2n) is 10.4. The van der Waals surface area contributed by atoms with Crippen LogP contribution >= 0.6 is 0 Å². The molecule has 1 aromatic carbocycles. The van der Waals surface area contributed by atoms with E-state index in [0.717, 1.165) is 17.7 Å². The fraction of sp³-hybridized carbons (Fsp3) is 0.370. The Labute approximate surface area is 215 Å². The molecule has 3 aromatic rings. The van der Waals surface area contributed by atoms with Gasteiger partial charge in [0.2, 0.25) is 5.95 Å². The third-order valence-corrected chi connectivity index (χ3v) is 6.22. The van der Waals surface area contributed by atoms with Gasteiger partial charge in [-0.1, -0.05) is 6.07 Å². The van der Waals surface area contributed by atoms with Crippen molar-refractivity contribution in [3.63, 3.8) is 0 Å². The van der Waals surface area contributed by atoms with Crippen molar-refractivity contribution in [1.82, 2.24) is 19.9 Å². The quantitative estimate of drug-likeness (QED) is 0.444. The first kappa shape index (κ1) is 24.3. The Morgan fingerprint density at radius 1 is 1.22 bits per heavy atom. The van der Waals surface area contributed by atoms with Gasteiger partial charge >= 0.3 is 6.09 Å². The monoisotopic (exact) mass is 498 g/mol. The first-order chi connectivity index (χ1) is 17.7. The Kier molecular flexibility index (Phi) is 6.29. The molecule has 1 fully saturated rings. The van der Waals surface area contributed by atoms with Crippen molar-refractivity contribution in [2.75, 3.05) is 22.9 Å². The van der Waals surface area contributed by atoms with E-state index in [2.05, 4.69) is 37.7 Å². The Morgan fingerprint density at radius 2 is 2.03 bits per heavy atom. The number of pyridine rings is 1. The zero-order chi connectivity index (χ0) is 26.2. The number of rotatable bonds is 5. The normalized spacial score (nSPS) is 14.9. The van der Waals surface area contributed by atoms with E-state index in [0.29, 0.717) is 42.4 Å². The molecule has 190 valence electrons. The van der Waals surface area contributed by atoms with Gasteiger partial charge in [-0.25, -0.2) is 14.8 Å². The van der Waals surface area contributed by atoms with E-state index in [-0.39, 0.29) is 11.7 Å². The Morgan fingerprint density at radius 3 is 2.73 bits per heavy atom. The molecule has 1 saturated carbocycles. The van der Waals surface area contributed by atoms with Crippen LogP contribution in [0.25, 0.3) is 0 Å². The molecule has 3 heterocycles. The predicted octanol–water partition coefficient (Wildman–Crippen LogP) is 4.98. The highest BCUT2D eigenvalue weighted by Gasteiger charge is 2.32. The largest absolute Gasteiger partial charge is 0.444 e. The van der Waals surface area contributed by atoms with Crippen LogP contribution in [0.2, 0.25) is 0 Å². The molecular weight excluding hydrogens is 468 g/mol. The number of aromatic nitrogens is 3. The summed E-state index contributed by atoms with van der Waals surface area (Å²) in [5, 5.41) is 15.9. The van der Waals surface area contributed by atoms with Crippen LogP contribution in [0.1, 0.15) is 61.8 Å². The molecule has 10 nitrogen and oxygen atoms in total. The summed E-state index contributed by atoms with van der Waals surface area (Å²) >= 11 is 0. The minimum Gasteiger partial charge on any atom is -0.444 e. The highest BCUT2D eigenvalue weighted by molar-refractivity contribution is 5.70. The number of carbonyl (C=O) groups is 1. The third kappa shape index (κ3) is 5.72. The lowest BCUT2D eigenvalue weighted by Crippen LogP contribution is -2.40. The van der Waals surface area contributed by atoms with Gasteiger partial charge in [0.25, 0.3) is 0 Å². The molecule has 0 unspecified atom stereocenters. The lowest BCUT2D eigenvalue weighted by molar-refractivity contribution is 0.0223. The van der Waals surface area contributed by atoms with E-state index in [1.807, 2.05) is 26.8 Å². The number of benzene rings is 1. The summed E-state index contributed by atoms with van der Waals surface area (Å²) < 4.78 is 5.60. The predicted molar refractivity (Wildman–Crippen MR) is 141 cm³/mol. The molecule has 10 heteroatoms. The van der Waals surface area contributed by atoms with E-state index in [1.165, 1.54) is 30.2 Å². The summed E-state index contributed by atoms with van der Waals surface area (Å²) in [6.45, 7) is 6.75. The number of ether oxygens (including phenoxy) is 1. The average Bonchev–Trinajstić information content (AvgIpc) is 3.68. The maximum atomic E-state index is 12.7. The zero-order valence-electron chi connectivity index (χ0n) is 21.2. The van der Waals surface area contributed by atoms with Crippen LogP contribution in [0.4, 0.5) is 33.9 Å². The van der Waals surface area contributed by atoms with Gasteiger partial charge in [-0.15, -0.1) is 0 Å². The number of carbonyl (C=O) groups excluding carboxylic acids is 1. The number of nitrogens with one attached hydrogen (secondary N) is 2. The van der Waals surface area contributed by atoms with Gasteiger partial charge < -0.3 is 26.0 Å². The molecule has 0 radical (unpaired) electrons. The summed E-state index contributed by atoms with van der Waals surface area (Å²) in [5.41, 5.74) is 10.1. The molecule has 2 aromatic heterocycles. The zero-order valence-corrected chi connectivity index (χ0v) is 21.2. The van der Waals surface area contributed by atoms with Crippen LogP contribution in [0.15, 0.2) is 36.5 Å². The maximum absolute atomic E-state index is 12.7. The van der Waals surface area contributed by atoms with Gasteiger partial charge in [-0.3, -0.25) is 0 Å². The Hall–Kier alpha value is -4.39. The van der Waals surface area contributed by atoms with Gasteiger partial charge in [-0.05, 0) is 86.9 Å². The number of hydrogen-bond donors (Lipinski definition) is 3. The van der Waals surface area contributed by atoms with Crippen molar-refractivity contribution in [3.05, 3.63) is 58.8 Å². The summed E-state index contributed by atoms with van der Waals surface area (Å²) in [7, 11) is 0. The second kappa shape index (κ2) is 9.58. The number of nitrogen functional groups attached to an aromatic ring is 1. The molecule has 2 aliphatic rings. The molecule has 0 spiro atoms. The first-order valence-electron chi connectivity index (χ1n) is 12.4. The molecule has 4 N–H and O–H groups in total. The fourth-order valence-corrected chi connectivity index (χ4v) is 4.44. The minimum atomic E-state index is -0.542. The maximum Gasteiger partial charge on any atom is 0.410 e. The number of amides is 1. The number of nitriles is 1. The number of nitrogens with zero attached hydrogens (tertiary/aromatic N) is 5. The van der Waals surface area contributed by atoms with Crippen molar-refractivity contribution in [3.8, 4) is 6.07 Å². The molecule has 5 rings (SSSR count). The van der Waals surface area contributed by atoms with Crippen LogP contribution in [-0.4, -0.2) is 38.1 Å².